The minimum absolute atomic E-state index is 0.481. The van der Waals surface area contributed by atoms with E-state index in [2.05, 4.69) is 24.1 Å². The van der Waals surface area contributed by atoms with Gasteiger partial charge in [-0.3, -0.25) is 4.98 Å². The molecule has 0 aliphatic heterocycles. The summed E-state index contributed by atoms with van der Waals surface area (Å²) in [5, 5.41) is 3.36. The second kappa shape index (κ2) is 6.74. The molecule has 100 valence electrons. The van der Waals surface area contributed by atoms with Gasteiger partial charge in [0.25, 0.3) is 0 Å². The lowest BCUT2D eigenvalue weighted by Gasteiger charge is -2.25. The van der Waals surface area contributed by atoms with Gasteiger partial charge in [0.15, 0.2) is 0 Å². The van der Waals surface area contributed by atoms with Crippen LogP contribution in [0.2, 0.25) is 0 Å². The lowest BCUT2D eigenvalue weighted by Crippen LogP contribution is -2.22. The van der Waals surface area contributed by atoms with Gasteiger partial charge in [0.05, 0.1) is 12.3 Å². The molecule has 0 unspecified atom stereocenters. The fraction of sp³-hybridized carbons (Fsp3) is 0.667. The number of aromatic nitrogens is 1. The largest absolute Gasteiger partial charge is 0.493 e. The summed E-state index contributed by atoms with van der Waals surface area (Å²) < 4.78 is 5.79. The highest BCUT2D eigenvalue weighted by Gasteiger charge is 2.16. The molecule has 1 aromatic rings. The maximum atomic E-state index is 5.79. The van der Waals surface area contributed by atoms with Crippen LogP contribution in [0.15, 0.2) is 18.3 Å². The first-order chi connectivity index (χ1) is 8.74. The molecule has 0 bridgehead atoms. The van der Waals surface area contributed by atoms with Gasteiger partial charge in [-0.15, -0.1) is 0 Å². The van der Waals surface area contributed by atoms with Crippen molar-refractivity contribution in [3.8, 4) is 5.75 Å². The standard InChI is InChI=1S/C15H24N2O/c1-12(2)17-11-14-10-15(6-8-16-14)18-9-7-13-4-3-5-13/h6,8,10,12-13,17H,3-5,7,9,11H2,1-2H3. The van der Waals surface area contributed by atoms with Gasteiger partial charge >= 0.3 is 0 Å². The SMILES string of the molecule is CC(C)NCc1cc(OCCC2CCC2)ccn1. The highest BCUT2D eigenvalue weighted by Crippen LogP contribution is 2.29. The highest BCUT2D eigenvalue weighted by atomic mass is 16.5. The topological polar surface area (TPSA) is 34.1 Å². The van der Waals surface area contributed by atoms with Gasteiger partial charge in [-0.25, -0.2) is 0 Å². The van der Waals surface area contributed by atoms with E-state index in [1.54, 1.807) is 0 Å². The Kier molecular flexibility index (Phi) is 5.00. The molecule has 1 heterocycles. The van der Waals surface area contributed by atoms with Gasteiger partial charge in [-0.2, -0.15) is 0 Å². The smallest absolute Gasteiger partial charge is 0.122 e. The van der Waals surface area contributed by atoms with Crippen LogP contribution in [0.4, 0.5) is 0 Å². The molecule has 1 aliphatic rings. The molecule has 0 amide bonds. The zero-order valence-corrected chi connectivity index (χ0v) is 11.5. The quantitative estimate of drug-likeness (QED) is 0.805. The van der Waals surface area contributed by atoms with Crippen molar-refractivity contribution >= 4 is 0 Å². The molecule has 1 aromatic heterocycles. The van der Waals surface area contributed by atoms with Crippen LogP contribution in [0.1, 0.15) is 45.2 Å². The first-order valence-electron chi connectivity index (χ1n) is 7.05. The summed E-state index contributed by atoms with van der Waals surface area (Å²) in [6.45, 7) is 5.92. The van der Waals surface area contributed by atoms with Crippen molar-refractivity contribution in [1.82, 2.24) is 10.3 Å². The van der Waals surface area contributed by atoms with Gasteiger partial charge < -0.3 is 10.1 Å². The lowest BCUT2D eigenvalue weighted by molar-refractivity contribution is 0.221. The summed E-state index contributed by atoms with van der Waals surface area (Å²) in [6, 6.07) is 4.46. The molecule has 3 nitrogen and oxygen atoms in total. The predicted octanol–water partition coefficient (Wildman–Crippen LogP) is 3.15. The van der Waals surface area contributed by atoms with E-state index in [4.69, 9.17) is 4.74 Å². The zero-order chi connectivity index (χ0) is 12.8. The van der Waals surface area contributed by atoms with Crippen LogP contribution in [-0.4, -0.2) is 17.6 Å². The lowest BCUT2D eigenvalue weighted by atomic mass is 9.83. The van der Waals surface area contributed by atoms with Crippen molar-refractivity contribution in [1.29, 1.82) is 0 Å². The highest BCUT2D eigenvalue weighted by molar-refractivity contribution is 5.22. The monoisotopic (exact) mass is 248 g/mol. The van der Waals surface area contributed by atoms with Crippen LogP contribution < -0.4 is 10.1 Å². The van der Waals surface area contributed by atoms with Gasteiger partial charge in [-0.1, -0.05) is 33.1 Å². The fourth-order valence-electron chi connectivity index (χ4n) is 2.08. The summed E-state index contributed by atoms with van der Waals surface area (Å²) in [5.74, 6) is 1.86. The minimum Gasteiger partial charge on any atom is -0.493 e. The number of hydrogen-bond donors (Lipinski definition) is 1. The van der Waals surface area contributed by atoms with E-state index in [0.29, 0.717) is 6.04 Å². The molecule has 1 aliphatic carbocycles. The average molecular weight is 248 g/mol. The Balaban J connectivity index is 1.75. The van der Waals surface area contributed by atoms with Crippen molar-refractivity contribution in [2.24, 2.45) is 5.92 Å². The summed E-state index contributed by atoms with van der Waals surface area (Å²) in [5.41, 5.74) is 1.05. The maximum Gasteiger partial charge on any atom is 0.122 e. The molecule has 1 fully saturated rings. The Bertz CT molecular complexity index is 361. The fourth-order valence-corrected chi connectivity index (χ4v) is 2.08. The number of nitrogens with one attached hydrogen (secondary N) is 1. The Morgan fingerprint density at radius 1 is 1.44 bits per heavy atom. The molecule has 1 N–H and O–H groups in total. The molecule has 18 heavy (non-hydrogen) atoms. The van der Waals surface area contributed by atoms with Crippen molar-refractivity contribution in [2.75, 3.05) is 6.61 Å². The van der Waals surface area contributed by atoms with Crippen LogP contribution >= 0.6 is 0 Å². The summed E-state index contributed by atoms with van der Waals surface area (Å²) in [7, 11) is 0. The molecule has 0 aromatic carbocycles. The number of rotatable bonds is 7. The van der Waals surface area contributed by atoms with Gasteiger partial charge in [0.2, 0.25) is 0 Å². The Labute approximate surface area is 110 Å². The van der Waals surface area contributed by atoms with Crippen LogP contribution in [0, 0.1) is 5.92 Å². The van der Waals surface area contributed by atoms with E-state index >= 15 is 0 Å². The van der Waals surface area contributed by atoms with Crippen LogP contribution in [0.25, 0.3) is 0 Å². The summed E-state index contributed by atoms with van der Waals surface area (Å²) >= 11 is 0. The molecule has 0 radical (unpaired) electrons. The molecular formula is C15H24N2O. The number of nitrogens with zero attached hydrogens (tertiary/aromatic N) is 1. The molecule has 3 heteroatoms. The van der Waals surface area contributed by atoms with Gasteiger partial charge in [0, 0.05) is 24.8 Å². The third-order valence-corrected chi connectivity index (χ3v) is 3.50. The summed E-state index contributed by atoms with van der Waals surface area (Å²) in [6.07, 6.45) is 7.22. The zero-order valence-electron chi connectivity index (χ0n) is 11.5. The Hall–Kier alpha value is -1.09. The molecule has 1 saturated carbocycles. The van der Waals surface area contributed by atoms with E-state index in [9.17, 15) is 0 Å². The summed E-state index contributed by atoms with van der Waals surface area (Å²) in [4.78, 5) is 4.34. The van der Waals surface area contributed by atoms with Gasteiger partial charge in [0.1, 0.15) is 5.75 Å². The maximum absolute atomic E-state index is 5.79. The van der Waals surface area contributed by atoms with Crippen LogP contribution in [-0.2, 0) is 6.54 Å². The van der Waals surface area contributed by atoms with E-state index in [1.807, 2.05) is 18.3 Å². The Morgan fingerprint density at radius 3 is 2.94 bits per heavy atom. The first kappa shape index (κ1) is 13.3. The van der Waals surface area contributed by atoms with Crippen LogP contribution in [0.3, 0.4) is 0 Å². The number of ether oxygens (including phenoxy) is 1. The molecular weight excluding hydrogens is 224 g/mol. The van der Waals surface area contributed by atoms with E-state index in [0.717, 1.165) is 30.5 Å². The number of hydrogen-bond acceptors (Lipinski definition) is 3. The van der Waals surface area contributed by atoms with Crippen molar-refractivity contribution in [3.63, 3.8) is 0 Å². The molecule has 0 saturated heterocycles. The minimum atomic E-state index is 0.481. The Morgan fingerprint density at radius 2 is 2.28 bits per heavy atom. The first-order valence-corrected chi connectivity index (χ1v) is 7.05. The third-order valence-electron chi connectivity index (χ3n) is 3.50. The number of pyridine rings is 1. The molecule has 0 atom stereocenters. The molecule has 0 spiro atoms. The van der Waals surface area contributed by atoms with Crippen molar-refractivity contribution in [3.05, 3.63) is 24.0 Å². The predicted molar refractivity (Wildman–Crippen MR) is 73.7 cm³/mol. The van der Waals surface area contributed by atoms with Crippen LogP contribution in [0.5, 0.6) is 5.75 Å². The second-order valence-corrected chi connectivity index (χ2v) is 5.45. The van der Waals surface area contributed by atoms with E-state index in [1.165, 1.54) is 25.7 Å². The van der Waals surface area contributed by atoms with Crippen molar-refractivity contribution in [2.45, 2.75) is 52.1 Å². The molecule has 2 rings (SSSR count). The average Bonchev–Trinajstić information content (AvgIpc) is 2.30. The normalized spacial score (nSPS) is 15.7. The van der Waals surface area contributed by atoms with E-state index in [-0.39, 0.29) is 0 Å². The third kappa shape index (κ3) is 4.30. The van der Waals surface area contributed by atoms with Crippen molar-refractivity contribution < 1.29 is 4.74 Å². The van der Waals surface area contributed by atoms with Gasteiger partial charge in [-0.05, 0) is 18.4 Å². The second-order valence-electron chi connectivity index (χ2n) is 5.45. The van der Waals surface area contributed by atoms with E-state index < -0.39 is 0 Å².